The zero-order chi connectivity index (χ0) is 11.9. The Balaban J connectivity index is 1.75. The van der Waals surface area contributed by atoms with Crippen molar-refractivity contribution in [3.05, 3.63) is 35.9 Å². The summed E-state index contributed by atoms with van der Waals surface area (Å²) in [5.74, 6) is 0.996. The highest BCUT2D eigenvalue weighted by atomic mass is 14.9. The fourth-order valence-corrected chi connectivity index (χ4v) is 2.94. The van der Waals surface area contributed by atoms with E-state index in [1.807, 2.05) is 0 Å². The number of hydrogen-bond donors (Lipinski definition) is 1. The van der Waals surface area contributed by atoms with Gasteiger partial charge < -0.3 is 5.32 Å². The summed E-state index contributed by atoms with van der Waals surface area (Å²) >= 11 is 0. The van der Waals surface area contributed by atoms with Gasteiger partial charge in [0.2, 0.25) is 0 Å². The Hall–Kier alpha value is -0.820. The highest BCUT2D eigenvalue weighted by Gasteiger charge is 2.15. The SMILES string of the molecule is CCC(NCCC1CCCC1)c1ccccc1. The minimum atomic E-state index is 0.539. The maximum absolute atomic E-state index is 3.71. The van der Waals surface area contributed by atoms with E-state index in [-0.39, 0.29) is 0 Å². The first-order valence-electron chi connectivity index (χ1n) is 7.18. The van der Waals surface area contributed by atoms with Crippen molar-refractivity contribution in [3.8, 4) is 0 Å². The molecule has 1 aliphatic carbocycles. The Labute approximate surface area is 106 Å². The first-order valence-corrected chi connectivity index (χ1v) is 7.18. The van der Waals surface area contributed by atoms with E-state index in [4.69, 9.17) is 0 Å². The van der Waals surface area contributed by atoms with Crippen molar-refractivity contribution in [2.45, 2.75) is 51.5 Å². The van der Waals surface area contributed by atoms with E-state index in [1.165, 1.54) is 50.6 Å². The Morgan fingerprint density at radius 1 is 1.18 bits per heavy atom. The predicted octanol–water partition coefficient (Wildman–Crippen LogP) is 4.31. The molecular formula is C16H25N. The molecule has 17 heavy (non-hydrogen) atoms. The van der Waals surface area contributed by atoms with E-state index in [1.54, 1.807) is 0 Å². The molecule has 1 nitrogen and oxygen atoms in total. The summed E-state index contributed by atoms with van der Waals surface area (Å²) in [4.78, 5) is 0. The molecule has 0 radical (unpaired) electrons. The van der Waals surface area contributed by atoms with E-state index in [2.05, 4.69) is 42.6 Å². The molecule has 1 aromatic rings. The van der Waals surface area contributed by atoms with Crippen LogP contribution in [0.4, 0.5) is 0 Å². The van der Waals surface area contributed by atoms with Crippen molar-refractivity contribution in [2.75, 3.05) is 6.54 Å². The fourth-order valence-electron chi connectivity index (χ4n) is 2.94. The van der Waals surface area contributed by atoms with Crippen LogP contribution < -0.4 is 5.32 Å². The second-order valence-corrected chi connectivity index (χ2v) is 5.26. The smallest absolute Gasteiger partial charge is 0.0317 e. The molecule has 1 N–H and O–H groups in total. The van der Waals surface area contributed by atoms with Crippen LogP contribution in [0, 0.1) is 5.92 Å². The van der Waals surface area contributed by atoms with Crippen molar-refractivity contribution in [3.63, 3.8) is 0 Å². The molecule has 1 fully saturated rings. The van der Waals surface area contributed by atoms with Gasteiger partial charge in [-0.15, -0.1) is 0 Å². The van der Waals surface area contributed by atoms with E-state index >= 15 is 0 Å². The standard InChI is InChI=1S/C16H25N/c1-2-16(15-10-4-3-5-11-15)17-13-12-14-8-6-7-9-14/h3-5,10-11,14,16-17H,2,6-9,12-13H2,1H3. The summed E-state index contributed by atoms with van der Waals surface area (Å²) in [7, 11) is 0. The topological polar surface area (TPSA) is 12.0 Å². The summed E-state index contributed by atoms with van der Waals surface area (Å²) < 4.78 is 0. The summed E-state index contributed by atoms with van der Waals surface area (Å²) in [6.45, 7) is 3.44. The molecule has 0 aromatic heterocycles. The molecule has 94 valence electrons. The van der Waals surface area contributed by atoms with Crippen LogP contribution in [-0.4, -0.2) is 6.54 Å². The molecule has 2 rings (SSSR count). The number of benzene rings is 1. The summed E-state index contributed by atoms with van der Waals surface area (Å²) in [6, 6.07) is 11.4. The third-order valence-corrected chi connectivity index (χ3v) is 4.03. The average molecular weight is 231 g/mol. The van der Waals surface area contributed by atoms with Crippen LogP contribution in [0.3, 0.4) is 0 Å². The minimum absolute atomic E-state index is 0.539. The quantitative estimate of drug-likeness (QED) is 0.769. The normalized spacial score (nSPS) is 18.4. The van der Waals surface area contributed by atoms with Crippen LogP contribution in [0.2, 0.25) is 0 Å². The molecule has 1 unspecified atom stereocenters. The second-order valence-electron chi connectivity index (χ2n) is 5.26. The first-order chi connectivity index (χ1) is 8.40. The molecule has 0 heterocycles. The minimum Gasteiger partial charge on any atom is -0.310 e. The highest BCUT2D eigenvalue weighted by molar-refractivity contribution is 5.18. The Kier molecular flexibility index (Phi) is 5.06. The Bertz CT molecular complexity index is 301. The lowest BCUT2D eigenvalue weighted by Gasteiger charge is -2.18. The van der Waals surface area contributed by atoms with E-state index < -0.39 is 0 Å². The van der Waals surface area contributed by atoms with Gasteiger partial charge >= 0.3 is 0 Å². The van der Waals surface area contributed by atoms with E-state index in [0.29, 0.717) is 6.04 Å². The van der Waals surface area contributed by atoms with Crippen LogP contribution in [0.5, 0.6) is 0 Å². The van der Waals surface area contributed by atoms with Crippen molar-refractivity contribution in [1.29, 1.82) is 0 Å². The van der Waals surface area contributed by atoms with E-state index in [9.17, 15) is 0 Å². The van der Waals surface area contributed by atoms with Crippen molar-refractivity contribution in [1.82, 2.24) is 5.32 Å². The van der Waals surface area contributed by atoms with Gasteiger partial charge in [0, 0.05) is 6.04 Å². The first kappa shape index (κ1) is 12.6. The molecule has 1 saturated carbocycles. The third kappa shape index (κ3) is 3.85. The maximum atomic E-state index is 3.71. The maximum Gasteiger partial charge on any atom is 0.0317 e. The average Bonchev–Trinajstić information content (AvgIpc) is 2.89. The van der Waals surface area contributed by atoms with Crippen LogP contribution in [0.15, 0.2) is 30.3 Å². The van der Waals surface area contributed by atoms with Gasteiger partial charge in [-0.2, -0.15) is 0 Å². The van der Waals surface area contributed by atoms with Gasteiger partial charge in [-0.25, -0.2) is 0 Å². The zero-order valence-corrected chi connectivity index (χ0v) is 11.0. The molecule has 1 atom stereocenters. The monoisotopic (exact) mass is 231 g/mol. The predicted molar refractivity (Wildman–Crippen MR) is 74.1 cm³/mol. The van der Waals surface area contributed by atoms with Gasteiger partial charge in [0.15, 0.2) is 0 Å². The highest BCUT2D eigenvalue weighted by Crippen LogP contribution is 2.27. The lowest BCUT2D eigenvalue weighted by Crippen LogP contribution is -2.23. The number of hydrogen-bond acceptors (Lipinski definition) is 1. The zero-order valence-electron chi connectivity index (χ0n) is 11.0. The third-order valence-electron chi connectivity index (χ3n) is 4.03. The summed E-state index contributed by atoms with van der Waals surface area (Å²) in [6.07, 6.45) is 8.38. The van der Waals surface area contributed by atoms with Gasteiger partial charge in [-0.1, -0.05) is 62.9 Å². The lowest BCUT2D eigenvalue weighted by molar-refractivity contribution is 0.438. The van der Waals surface area contributed by atoms with Crippen LogP contribution in [0.1, 0.15) is 57.1 Å². The second kappa shape index (κ2) is 6.80. The molecule has 0 aliphatic heterocycles. The molecule has 0 spiro atoms. The largest absolute Gasteiger partial charge is 0.310 e. The van der Waals surface area contributed by atoms with Gasteiger partial charge in [0.05, 0.1) is 0 Å². The lowest BCUT2D eigenvalue weighted by atomic mass is 10.0. The molecule has 0 saturated heterocycles. The van der Waals surface area contributed by atoms with Crippen molar-refractivity contribution >= 4 is 0 Å². The van der Waals surface area contributed by atoms with Crippen molar-refractivity contribution < 1.29 is 0 Å². The molecule has 1 heteroatoms. The van der Waals surface area contributed by atoms with Crippen molar-refractivity contribution in [2.24, 2.45) is 5.92 Å². The van der Waals surface area contributed by atoms with Gasteiger partial charge in [-0.05, 0) is 30.9 Å². The van der Waals surface area contributed by atoms with Gasteiger partial charge in [-0.3, -0.25) is 0 Å². The number of rotatable bonds is 6. The summed E-state index contributed by atoms with van der Waals surface area (Å²) in [5, 5.41) is 3.71. The molecular weight excluding hydrogens is 206 g/mol. The Morgan fingerprint density at radius 2 is 1.88 bits per heavy atom. The van der Waals surface area contributed by atoms with Gasteiger partial charge in [0.1, 0.15) is 0 Å². The Morgan fingerprint density at radius 3 is 2.53 bits per heavy atom. The van der Waals surface area contributed by atoms with Crippen LogP contribution >= 0.6 is 0 Å². The van der Waals surface area contributed by atoms with Crippen LogP contribution in [-0.2, 0) is 0 Å². The number of nitrogens with one attached hydrogen (secondary N) is 1. The van der Waals surface area contributed by atoms with E-state index in [0.717, 1.165) is 5.92 Å². The van der Waals surface area contributed by atoms with Crippen LogP contribution in [0.25, 0.3) is 0 Å². The van der Waals surface area contributed by atoms with Gasteiger partial charge in [0.25, 0.3) is 0 Å². The fraction of sp³-hybridized carbons (Fsp3) is 0.625. The molecule has 1 aliphatic rings. The molecule has 0 bridgehead atoms. The summed E-state index contributed by atoms with van der Waals surface area (Å²) in [5.41, 5.74) is 1.43. The molecule has 1 aromatic carbocycles. The molecule has 0 amide bonds.